The number of alkyl halides is 3. The smallest absolute Gasteiger partial charge is 0.395 e. The van der Waals surface area contributed by atoms with Crippen molar-refractivity contribution in [2.75, 3.05) is 6.61 Å². The van der Waals surface area contributed by atoms with E-state index in [1.54, 1.807) is 43.3 Å². The molecule has 3 rings (SSSR count). The van der Waals surface area contributed by atoms with Crippen molar-refractivity contribution in [3.63, 3.8) is 0 Å². The molecule has 170 valence electrons. The van der Waals surface area contributed by atoms with Gasteiger partial charge in [0.15, 0.2) is 0 Å². The van der Waals surface area contributed by atoms with Gasteiger partial charge in [0.25, 0.3) is 0 Å². The van der Waals surface area contributed by atoms with Crippen molar-refractivity contribution in [2.45, 2.75) is 39.0 Å². The van der Waals surface area contributed by atoms with Gasteiger partial charge in [0.05, 0.1) is 19.1 Å². The number of phenols is 1. The minimum Gasteiger partial charge on any atom is -0.508 e. The third-order valence-electron chi connectivity index (χ3n) is 5.43. The van der Waals surface area contributed by atoms with Crippen LogP contribution in [0.2, 0.25) is 0 Å². The number of carbonyl (C=O) groups excluding carboxylic acids is 1. The number of aliphatic hydroxyl groups is 1. The van der Waals surface area contributed by atoms with E-state index in [-0.39, 0.29) is 37.8 Å². The van der Waals surface area contributed by atoms with Crippen LogP contribution in [0.3, 0.4) is 0 Å². The lowest BCUT2D eigenvalue weighted by Crippen LogP contribution is -2.22. The topological polar surface area (TPSA) is 66.8 Å². The van der Waals surface area contributed by atoms with Crippen LogP contribution < -0.4 is 0 Å². The van der Waals surface area contributed by atoms with Crippen LogP contribution in [0.25, 0.3) is 16.7 Å². The molecule has 0 bridgehead atoms. The van der Waals surface area contributed by atoms with Crippen molar-refractivity contribution < 1.29 is 32.9 Å². The number of aromatic hydroxyl groups is 1. The number of allylic oxidation sites excluding steroid dienone is 4. The van der Waals surface area contributed by atoms with Gasteiger partial charge in [0.1, 0.15) is 5.75 Å². The van der Waals surface area contributed by atoms with Gasteiger partial charge < -0.3 is 14.9 Å². The summed E-state index contributed by atoms with van der Waals surface area (Å²) in [6, 6.07) is 10.0. The summed E-state index contributed by atoms with van der Waals surface area (Å²) in [5.74, 6) is -1.84. The normalized spacial score (nSPS) is 16.0. The van der Waals surface area contributed by atoms with Crippen LogP contribution in [0.5, 0.6) is 5.75 Å². The van der Waals surface area contributed by atoms with E-state index >= 15 is 0 Å². The first-order valence-corrected chi connectivity index (χ1v) is 10.4. The predicted molar refractivity (Wildman–Crippen MR) is 116 cm³/mol. The van der Waals surface area contributed by atoms with Crippen LogP contribution in [-0.4, -0.2) is 29.0 Å². The maximum absolute atomic E-state index is 13.2. The number of aliphatic hydroxyl groups excluding tert-OH is 1. The number of carbonyl (C=O) groups is 1. The zero-order valence-corrected chi connectivity index (χ0v) is 17.7. The molecule has 0 spiro atoms. The second-order valence-electron chi connectivity index (χ2n) is 7.61. The van der Waals surface area contributed by atoms with E-state index in [0.29, 0.717) is 23.1 Å². The van der Waals surface area contributed by atoms with Crippen molar-refractivity contribution in [3.8, 4) is 16.9 Å². The fraction of sp³-hybridized carbons (Fsp3) is 0.320. The first kappa shape index (κ1) is 23.6. The van der Waals surface area contributed by atoms with Crippen LogP contribution in [0.1, 0.15) is 36.5 Å². The molecule has 2 aromatic rings. The highest BCUT2D eigenvalue weighted by atomic mass is 19.4. The van der Waals surface area contributed by atoms with Gasteiger partial charge in [0.2, 0.25) is 0 Å². The summed E-state index contributed by atoms with van der Waals surface area (Å²) >= 11 is 0. The minimum absolute atomic E-state index is 0.0592. The molecule has 0 aliphatic heterocycles. The molecule has 0 saturated heterocycles. The SMILES string of the molecule is CCOC(=O)CCc1cc(O)ccc1-c1ccc(C2=CC=CC(C(F)(F)F)C2)c(CO)c1. The van der Waals surface area contributed by atoms with E-state index in [1.165, 1.54) is 12.1 Å². The highest BCUT2D eigenvalue weighted by Gasteiger charge is 2.39. The van der Waals surface area contributed by atoms with Crippen molar-refractivity contribution in [2.24, 2.45) is 5.92 Å². The Balaban J connectivity index is 1.92. The average Bonchev–Trinajstić information content (AvgIpc) is 2.77. The summed E-state index contributed by atoms with van der Waals surface area (Å²) in [6.07, 6.45) is 0.171. The second kappa shape index (κ2) is 10.0. The van der Waals surface area contributed by atoms with E-state index in [4.69, 9.17) is 4.74 Å². The number of rotatable bonds is 7. The Morgan fingerprint density at radius 2 is 1.88 bits per heavy atom. The van der Waals surface area contributed by atoms with Crippen molar-refractivity contribution in [1.82, 2.24) is 0 Å². The van der Waals surface area contributed by atoms with E-state index in [1.807, 2.05) is 0 Å². The standard InChI is InChI=1S/C25H25F3O4/c1-2-32-24(31)11-7-18-14-21(30)8-10-22(18)17-6-9-23(19(12-17)15-29)16-4-3-5-20(13-16)25(26,27)28/h3-6,8-10,12,14,20,29-30H,2,7,11,13,15H2,1H3. The quantitative estimate of drug-likeness (QED) is 0.546. The molecule has 2 N–H and O–H groups in total. The molecular weight excluding hydrogens is 421 g/mol. The lowest BCUT2D eigenvalue weighted by molar-refractivity contribution is -0.159. The number of hydrogen-bond donors (Lipinski definition) is 2. The third-order valence-corrected chi connectivity index (χ3v) is 5.43. The predicted octanol–water partition coefficient (Wildman–Crippen LogP) is 5.57. The zero-order valence-electron chi connectivity index (χ0n) is 17.7. The highest BCUT2D eigenvalue weighted by molar-refractivity contribution is 5.77. The molecule has 1 atom stereocenters. The molecule has 1 unspecified atom stereocenters. The minimum atomic E-state index is -4.32. The maximum atomic E-state index is 13.2. The number of halogens is 3. The Hall–Kier alpha value is -3.06. The molecule has 0 aromatic heterocycles. The van der Waals surface area contributed by atoms with Gasteiger partial charge in [-0.05, 0) is 71.4 Å². The summed E-state index contributed by atoms with van der Waals surface area (Å²) < 4.78 is 44.5. The molecule has 1 aliphatic carbocycles. The summed E-state index contributed by atoms with van der Waals surface area (Å²) in [6.45, 7) is 1.68. The van der Waals surface area contributed by atoms with E-state index in [9.17, 15) is 28.2 Å². The van der Waals surface area contributed by atoms with Gasteiger partial charge in [-0.1, -0.05) is 36.4 Å². The molecule has 0 radical (unpaired) electrons. The lowest BCUT2D eigenvalue weighted by atomic mass is 9.86. The third kappa shape index (κ3) is 5.59. The molecule has 0 heterocycles. The van der Waals surface area contributed by atoms with Gasteiger partial charge in [0, 0.05) is 6.42 Å². The Bertz CT molecular complexity index is 1040. The van der Waals surface area contributed by atoms with Gasteiger partial charge in [-0.3, -0.25) is 4.79 Å². The molecular formula is C25H25F3O4. The number of phenolic OH excluding ortho intramolecular Hbond substituents is 1. The van der Waals surface area contributed by atoms with Gasteiger partial charge >= 0.3 is 12.1 Å². The number of benzene rings is 2. The lowest BCUT2D eigenvalue weighted by Gasteiger charge is -2.23. The maximum Gasteiger partial charge on any atom is 0.395 e. The number of ether oxygens (including phenoxy) is 1. The molecule has 0 fully saturated rings. The summed E-state index contributed by atoms with van der Waals surface area (Å²) in [5.41, 5.74) is 3.82. The van der Waals surface area contributed by atoms with Crippen molar-refractivity contribution in [1.29, 1.82) is 0 Å². The number of hydrogen-bond acceptors (Lipinski definition) is 4. The summed E-state index contributed by atoms with van der Waals surface area (Å²) in [5, 5.41) is 19.8. The summed E-state index contributed by atoms with van der Waals surface area (Å²) in [4.78, 5) is 11.8. The second-order valence-corrected chi connectivity index (χ2v) is 7.61. The molecule has 1 aliphatic rings. The Morgan fingerprint density at radius 1 is 1.12 bits per heavy atom. The number of aryl methyl sites for hydroxylation is 1. The van der Waals surface area contributed by atoms with Crippen LogP contribution in [0.4, 0.5) is 13.2 Å². The Kier molecular flexibility index (Phi) is 7.40. The van der Waals surface area contributed by atoms with Crippen LogP contribution >= 0.6 is 0 Å². The van der Waals surface area contributed by atoms with Crippen LogP contribution in [0, 0.1) is 5.92 Å². The Morgan fingerprint density at radius 3 is 2.56 bits per heavy atom. The van der Waals surface area contributed by atoms with E-state index < -0.39 is 12.1 Å². The monoisotopic (exact) mass is 446 g/mol. The van der Waals surface area contributed by atoms with Crippen molar-refractivity contribution >= 4 is 11.5 Å². The fourth-order valence-electron chi connectivity index (χ4n) is 3.85. The fourth-order valence-corrected chi connectivity index (χ4v) is 3.85. The molecule has 4 nitrogen and oxygen atoms in total. The highest BCUT2D eigenvalue weighted by Crippen LogP contribution is 2.39. The summed E-state index contributed by atoms with van der Waals surface area (Å²) in [7, 11) is 0. The molecule has 32 heavy (non-hydrogen) atoms. The van der Waals surface area contributed by atoms with Crippen LogP contribution in [0.15, 0.2) is 54.6 Å². The molecule has 0 amide bonds. The van der Waals surface area contributed by atoms with Gasteiger partial charge in [-0.25, -0.2) is 0 Å². The zero-order chi connectivity index (χ0) is 23.3. The number of esters is 1. The van der Waals surface area contributed by atoms with Gasteiger partial charge in [-0.15, -0.1) is 0 Å². The largest absolute Gasteiger partial charge is 0.508 e. The Labute approximate surface area is 184 Å². The van der Waals surface area contributed by atoms with E-state index in [0.717, 1.165) is 22.8 Å². The van der Waals surface area contributed by atoms with E-state index in [2.05, 4.69) is 0 Å². The average molecular weight is 446 g/mol. The molecule has 2 aromatic carbocycles. The first-order chi connectivity index (χ1) is 15.2. The molecule has 0 saturated carbocycles. The van der Waals surface area contributed by atoms with Crippen molar-refractivity contribution in [3.05, 3.63) is 71.3 Å². The molecule has 7 heteroatoms. The first-order valence-electron chi connectivity index (χ1n) is 10.4. The van der Waals surface area contributed by atoms with Gasteiger partial charge in [-0.2, -0.15) is 13.2 Å². The van der Waals surface area contributed by atoms with Crippen LogP contribution in [-0.2, 0) is 22.6 Å².